The Labute approximate surface area is 261 Å². The highest BCUT2D eigenvalue weighted by molar-refractivity contribution is 6.02. The number of aromatic nitrogens is 3. The number of nitrogens with one attached hydrogen (secondary N) is 1. The third-order valence-corrected chi connectivity index (χ3v) is 7.93. The third kappa shape index (κ3) is 7.77. The maximum absolute atomic E-state index is 12.9. The molecule has 2 aliphatic rings. The van der Waals surface area contributed by atoms with Crippen LogP contribution in [0.15, 0.2) is 60.9 Å². The number of carbonyl (C=O) groups excluding carboxylic acids is 1. The van der Waals surface area contributed by atoms with Crippen LogP contribution in [0.1, 0.15) is 29.8 Å². The highest BCUT2D eigenvalue weighted by Gasteiger charge is 2.20. The zero-order valence-electron chi connectivity index (χ0n) is 25.4. The molecule has 45 heavy (non-hydrogen) atoms. The van der Waals surface area contributed by atoms with Crippen LogP contribution in [0.2, 0.25) is 0 Å². The Morgan fingerprint density at radius 2 is 1.87 bits per heavy atom. The van der Waals surface area contributed by atoms with Crippen molar-refractivity contribution in [2.24, 2.45) is 0 Å². The van der Waals surface area contributed by atoms with E-state index in [1.165, 1.54) is 0 Å². The summed E-state index contributed by atoms with van der Waals surface area (Å²) in [6.07, 6.45) is 5.22. The minimum absolute atomic E-state index is 0.278. The number of ether oxygens (including phenoxy) is 4. The van der Waals surface area contributed by atoms with E-state index in [1.807, 2.05) is 24.3 Å². The summed E-state index contributed by atoms with van der Waals surface area (Å²) in [5.74, 6) is 3.04. The van der Waals surface area contributed by atoms with Gasteiger partial charge in [0, 0.05) is 50.4 Å². The van der Waals surface area contributed by atoms with Crippen molar-refractivity contribution >= 4 is 28.4 Å². The number of piperidine rings is 1. The Kier molecular flexibility index (Phi) is 9.83. The minimum Gasteiger partial charge on any atom is -0.493 e. The number of hydrogen-bond acceptors (Lipinski definition) is 11. The van der Waals surface area contributed by atoms with Crippen LogP contribution >= 0.6 is 0 Å². The SMILES string of the molecule is COc1cc2c(Oc3ccc(NC(=O)c4cccc(N5CCC(O)CC5)n4)nc3)ccnc2cc1OCCCN1CCOCC1. The molecule has 0 aliphatic carbocycles. The van der Waals surface area contributed by atoms with E-state index in [9.17, 15) is 9.90 Å². The summed E-state index contributed by atoms with van der Waals surface area (Å²) in [5.41, 5.74) is 1.00. The quantitative estimate of drug-likeness (QED) is 0.236. The van der Waals surface area contributed by atoms with Crippen LogP contribution in [-0.4, -0.2) is 96.6 Å². The van der Waals surface area contributed by atoms with Crippen molar-refractivity contribution in [3.8, 4) is 23.0 Å². The fraction of sp³-hybridized carbons (Fsp3) is 0.394. The van der Waals surface area contributed by atoms with E-state index in [2.05, 4.69) is 30.1 Å². The molecule has 0 spiro atoms. The number of fused-ring (bicyclic) bond motifs is 1. The second kappa shape index (κ2) is 14.5. The van der Waals surface area contributed by atoms with Gasteiger partial charge in [-0.05, 0) is 55.7 Å². The number of pyridine rings is 3. The Bertz CT molecular complexity index is 1590. The fourth-order valence-corrected chi connectivity index (χ4v) is 5.43. The molecule has 2 N–H and O–H groups in total. The summed E-state index contributed by atoms with van der Waals surface area (Å²) in [7, 11) is 1.61. The van der Waals surface area contributed by atoms with Crippen LogP contribution in [0.4, 0.5) is 11.6 Å². The zero-order chi connectivity index (χ0) is 31.0. The van der Waals surface area contributed by atoms with Gasteiger partial charge >= 0.3 is 0 Å². The first kappa shape index (κ1) is 30.5. The molecule has 6 rings (SSSR count). The molecular weight excluding hydrogens is 576 g/mol. The molecule has 0 saturated carbocycles. The molecule has 1 amide bonds. The first-order valence-electron chi connectivity index (χ1n) is 15.3. The molecule has 0 atom stereocenters. The second-order valence-corrected chi connectivity index (χ2v) is 11.0. The Balaban J connectivity index is 1.08. The summed E-state index contributed by atoms with van der Waals surface area (Å²) in [6, 6.07) is 14.3. The lowest BCUT2D eigenvalue weighted by molar-refractivity contribution is 0.0357. The van der Waals surface area contributed by atoms with Crippen LogP contribution in [0.5, 0.6) is 23.0 Å². The van der Waals surface area contributed by atoms with E-state index in [0.717, 1.165) is 50.5 Å². The molecular formula is C33H38N6O6. The van der Waals surface area contributed by atoms with E-state index in [1.54, 1.807) is 43.8 Å². The molecule has 0 radical (unpaired) electrons. The number of aliphatic hydroxyl groups excluding tert-OH is 1. The lowest BCUT2D eigenvalue weighted by Gasteiger charge is -2.30. The molecule has 0 unspecified atom stereocenters. The predicted molar refractivity (Wildman–Crippen MR) is 170 cm³/mol. The predicted octanol–water partition coefficient (Wildman–Crippen LogP) is 4.14. The molecule has 2 fully saturated rings. The van der Waals surface area contributed by atoms with Gasteiger partial charge in [-0.25, -0.2) is 9.97 Å². The Morgan fingerprint density at radius 3 is 2.64 bits per heavy atom. The average molecular weight is 615 g/mol. The lowest BCUT2D eigenvalue weighted by Crippen LogP contribution is -2.37. The largest absolute Gasteiger partial charge is 0.493 e. The monoisotopic (exact) mass is 614 g/mol. The molecule has 5 heterocycles. The zero-order valence-corrected chi connectivity index (χ0v) is 25.4. The Hall–Kier alpha value is -4.52. The van der Waals surface area contributed by atoms with Gasteiger partial charge in [-0.2, -0.15) is 0 Å². The Morgan fingerprint density at radius 1 is 1.02 bits per heavy atom. The van der Waals surface area contributed by atoms with Gasteiger partial charge in [0.2, 0.25) is 0 Å². The van der Waals surface area contributed by atoms with Crippen molar-refractivity contribution in [1.82, 2.24) is 19.9 Å². The molecule has 12 heteroatoms. The van der Waals surface area contributed by atoms with E-state index < -0.39 is 0 Å². The van der Waals surface area contributed by atoms with Crippen molar-refractivity contribution in [3.63, 3.8) is 0 Å². The second-order valence-electron chi connectivity index (χ2n) is 11.0. The van der Waals surface area contributed by atoms with Crippen LogP contribution in [-0.2, 0) is 4.74 Å². The first-order valence-corrected chi connectivity index (χ1v) is 15.3. The molecule has 236 valence electrons. The number of amides is 1. The normalized spacial score (nSPS) is 16.0. The molecule has 12 nitrogen and oxygen atoms in total. The molecule has 2 saturated heterocycles. The topological polar surface area (TPSA) is 131 Å². The van der Waals surface area contributed by atoms with Crippen LogP contribution in [0.25, 0.3) is 10.9 Å². The number of rotatable bonds is 11. The van der Waals surface area contributed by atoms with E-state index >= 15 is 0 Å². The number of hydrogen-bond donors (Lipinski definition) is 2. The standard InChI is InChI=1S/C33H38N6O6/c1-42-29-20-25-27(21-30(29)44-17-3-12-38-15-18-43-19-16-38)34-11-8-28(25)45-24-6-7-31(35-22-24)37-33(41)26-4-2-5-32(36-26)39-13-9-23(40)10-14-39/h2,4-8,11,20-23,40H,3,9-10,12-19H2,1H3,(H,35,37,41). The number of anilines is 2. The van der Waals surface area contributed by atoms with Gasteiger partial charge in [-0.15, -0.1) is 0 Å². The van der Waals surface area contributed by atoms with E-state index in [4.69, 9.17) is 18.9 Å². The summed E-state index contributed by atoms with van der Waals surface area (Å²) in [6.45, 7) is 6.40. The van der Waals surface area contributed by atoms with Gasteiger partial charge in [0.1, 0.15) is 28.8 Å². The number of benzene rings is 1. The highest BCUT2D eigenvalue weighted by atomic mass is 16.5. The molecule has 0 bridgehead atoms. The van der Waals surface area contributed by atoms with Gasteiger partial charge in [-0.3, -0.25) is 14.7 Å². The van der Waals surface area contributed by atoms with Gasteiger partial charge in [0.25, 0.3) is 5.91 Å². The number of carbonyl (C=O) groups is 1. The fourth-order valence-electron chi connectivity index (χ4n) is 5.43. The van der Waals surface area contributed by atoms with Crippen molar-refractivity contribution in [1.29, 1.82) is 0 Å². The van der Waals surface area contributed by atoms with Crippen molar-refractivity contribution in [2.45, 2.75) is 25.4 Å². The van der Waals surface area contributed by atoms with Crippen LogP contribution in [0.3, 0.4) is 0 Å². The minimum atomic E-state index is -0.360. The number of nitrogens with zero attached hydrogens (tertiary/aromatic N) is 5. The molecule has 1 aromatic carbocycles. The molecule has 3 aromatic heterocycles. The summed E-state index contributed by atoms with van der Waals surface area (Å²) in [5, 5.41) is 13.4. The number of methoxy groups -OCH3 is 1. The van der Waals surface area contributed by atoms with E-state index in [0.29, 0.717) is 72.6 Å². The highest BCUT2D eigenvalue weighted by Crippen LogP contribution is 2.37. The smallest absolute Gasteiger partial charge is 0.275 e. The molecule has 2 aliphatic heterocycles. The summed E-state index contributed by atoms with van der Waals surface area (Å²) < 4.78 is 23.3. The van der Waals surface area contributed by atoms with Gasteiger partial charge in [0.05, 0.1) is 44.7 Å². The van der Waals surface area contributed by atoms with E-state index in [-0.39, 0.29) is 12.0 Å². The number of aliphatic hydroxyl groups is 1. The maximum Gasteiger partial charge on any atom is 0.275 e. The van der Waals surface area contributed by atoms with Crippen LogP contribution < -0.4 is 24.4 Å². The average Bonchev–Trinajstić information content (AvgIpc) is 3.08. The van der Waals surface area contributed by atoms with Gasteiger partial charge < -0.3 is 34.3 Å². The molecule has 4 aromatic rings. The maximum atomic E-state index is 12.9. The first-order chi connectivity index (χ1) is 22.1. The van der Waals surface area contributed by atoms with Gasteiger partial charge in [0.15, 0.2) is 11.5 Å². The summed E-state index contributed by atoms with van der Waals surface area (Å²) >= 11 is 0. The number of morpholine rings is 1. The lowest BCUT2D eigenvalue weighted by atomic mass is 10.1. The van der Waals surface area contributed by atoms with Crippen molar-refractivity contribution < 1.29 is 28.8 Å². The van der Waals surface area contributed by atoms with Gasteiger partial charge in [-0.1, -0.05) is 6.07 Å². The van der Waals surface area contributed by atoms with Crippen molar-refractivity contribution in [3.05, 3.63) is 66.6 Å². The van der Waals surface area contributed by atoms with Crippen LogP contribution in [0, 0.1) is 0 Å². The third-order valence-electron chi connectivity index (χ3n) is 7.93. The van der Waals surface area contributed by atoms with Crippen molar-refractivity contribution in [2.75, 3.05) is 69.9 Å². The summed E-state index contributed by atoms with van der Waals surface area (Å²) in [4.78, 5) is 30.8.